The van der Waals surface area contributed by atoms with E-state index < -0.39 is 0 Å². The molecule has 3 aromatic heterocycles. The molecule has 12 rings (SSSR count). The Hall–Kier alpha value is -8.35. The topological polar surface area (TPSA) is 38.5 Å². The highest BCUT2D eigenvalue weighted by Gasteiger charge is 2.22. The molecule has 0 amide bonds. The Bertz CT molecular complexity index is 3540. The van der Waals surface area contributed by atoms with Crippen LogP contribution in [0.15, 0.2) is 219 Å². The molecule has 0 unspecified atom stereocenters. The Kier molecular flexibility index (Phi) is 9.35. The Balaban J connectivity index is 0.897. The third-order valence-corrected chi connectivity index (χ3v) is 13.0. The van der Waals surface area contributed by atoms with Crippen LogP contribution < -0.4 is 14.5 Å². The maximum atomic E-state index is 6.77. The summed E-state index contributed by atoms with van der Waals surface area (Å²) in [6.45, 7) is 7.41. The molecule has 0 radical (unpaired) electrons. The highest BCUT2D eigenvalue weighted by atomic mass is 16.5. The third kappa shape index (κ3) is 6.95. The molecule has 0 aliphatic carbocycles. The van der Waals surface area contributed by atoms with Crippen LogP contribution in [0, 0.1) is 0 Å². The lowest BCUT2D eigenvalue weighted by atomic mass is 9.88. The van der Waals surface area contributed by atoms with Crippen molar-refractivity contribution in [3.05, 3.63) is 224 Å². The van der Waals surface area contributed by atoms with Crippen molar-refractivity contribution < 1.29 is 4.74 Å². The van der Waals surface area contributed by atoms with Crippen molar-refractivity contribution in [2.45, 2.75) is 26.2 Å². The average Bonchev–Trinajstić information content (AvgIpc) is 4.08. The molecule has 66 heavy (non-hydrogen) atoms. The van der Waals surface area contributed by atoms with Crippen LogP contribution in [0.2, 0.25) is 0 Å². The lowest BCUT2D eigenvalue weighted by Gasteiger charge is -2.23. The normalized spacial score (nSPS) is 12.9. The van der Waals surface area contributed by atoms with Gasteiger partial charge >= 0.3 is 0 Å². The van der Waals surface area contributed by atoms with Crippen LogP contribution in [0.25, 0.3) is 77.4 Å². The van der Waals surface area contributed by atoms with Gasteiger partial charge in [-0.1, -0.05) is 124 Å². The average molecular weight is 854 g/mol. The lowest BCUT2D eigenvalue weighted by molar-refractivity contribution is 0.483. The fourth-order valence-corrected chi connectivity index (χ4v) is 9.63. The van der Waals surface area contributed by atoms with Gasteiger partial charge in [0.15, 0.2) is 0 Å². The zero-order chi connectivity index (χ0) is 44.4. The smallest absolute Gasteiger partial charge is 0.137 e. The summed E-state index contributed by atoms with van der Waals surface area (Å²) in [5.41, 5.74) is 13.7. The van der Waals surface area contributed by atoms with Crippen molar-refractivity contribution in [3.8, 4) is 45.3 Å². The highest BCUT2D eigenvalue weighted by Crippen LogP contribution is 2.40. The van der Waals surface area contributed by atoms with Gasteiger partial charge in [0.05, 0.1) is 28.7 Å². The molecule has 0 saturated heterocycles. The van der Waals surface area contributed by atoms with Crippen LogP contribution in [0.5, 0.6) is 11.5 Å². The minimum absolute atomic E-state index is 0.0433. The van der Waals surface area contributed by atoms with E-state index in [4.69, 9.17) is 9.72 Å². The monoisotopic (exact) mass is 853 g/mol. The van der Waals surface area contributed by atoms with Gasteiger partial charge in [-0.15, -0.1) is 0 Å². The van der Waals surface area contributed by atoms with Gasteiger partial charge in [0.2, 0.25) is 0 Å². The number of benzene rings is 8. The van der Waals surface area contributed by atoms with Crippen molar-refractivity contribution in [2.24, 2.45) is 0 Å². The molecule has 4 heterocycles. The highest BCUT2D eigenvalue weighted by molar-refractivity contribution is 6.12. The molecule has 0 fully saturated rings. The second-order valence-corrected chi connectivity index (χ2v) is 18.2. The van der Waals surface area contributed by atoms with Crippen LogP contribution in [0.3, 0.4) is 0 Å². The molecule has 0 N–H and O–H groups in total. The maximum Gasteiger partial charge on any atom is 0.137 e. The molecule has 11 aromatic rings. The van der Waals surface area contributed by atoms with Crippen LogP contribution in [0.1, 0.15) is 26.3 Å². The van der Waals surface area contributed by atoms with E-state index in [-0.39, 0.29) is 5.41 Å². The maximum absolute atomic E-state index is 6.77. The predicted octanol–water partition coefficient (Wildman–Crippen LogP) is 15.5. The van der Waals surface area contributed by atoms with Crippen LogP contribution in [-0.2, 0) is 5.41 Å². The van der Waals surface area contributed by atoms with Crippen LogP contribution in [-0.4, -0.2) is 20.8 Å². The number of pyridine rings is 1. The largest absolute Gasteiger partial charge is 0.457 e. The molecular weight excluding hydrogens is 807 g/mol. The minimum atomic E-state index is -0.0433. The molecule has 8 aromatic carbocycles. The number of aromatic nitrogens is 3. The summed E-state index contributed by atoms with van der Waals surface area (Å²) in [5, 5.41) is 4.77. The summed E-state index contributed by atoms with van der Waals surface area (Å²) >= 11 is 0. The SMILES string of the molecule is CC(C)(C)c1ccnc(-n2c3ccc(-n4c5ccccc5c5ccccc54)cc3c3ccc(Oc4cccc(N5C=CN(c6cc(-c7ccccc7)cc(-c7ccccc7)c6)C5)c4)cc32)c1. The summed E-state index contributed by atoms with van der Waals surface area (Å²) in [5.74, 6) is 2.39. The first-order valence-electron chi connectivity index (χ1n) is 22.6. The van der Waals surface area contributed by atoms with Crippen LogP contribution in [0.4, 0.5) is 11.4 Å². The predicted molar refractivity (Wildman–Crippen MR) is 274 cm³/mol. The van der Waals surface area contributed by atoms with E-state index in [9.17, 15) is 0 Å². The Morgan fingerprint density at radius 1 is 0.409 bits per heavy atom. The fraction of sp³-hybridized carbons (Fsp3) is 0.0833. The Morgan fingerprint density at radius 2 is 1.02 bits per heavy atom. The summed E-state index contributed by atoms with van der Waals surface area (Å²) in [7, 11) is 0. The lowest BCUT2D eigenvalue weighted by Crippen LogP contribution is -2.24. The first kappa shape index (κ1) is 39.3. The molecular formula is C60H47N5O. The number of nitrogens with zero attached hydrogens (tertiary/aromatic N) is 5. The van der Waals surface area contributed by atoms with Gasteiger partial charge in [-0.3, -0.25) is 4.57 Å². The third-order valence-electron chi connectivity index (χ3n) is 13.0. The van der Waals surface area contributed by atoms with Gasteiger partial charge in [0, 0.05) is 69.3 Å². The first-order valence-corrected chi connectivity index (χ1v) is 22.6. The van der Waals surface area contributed by atoms with E-state index in [0.29, 0.717) is 6.67 Å². The molecule has 1 aliphatic rings. The first-order chi connectivity index (χ1) is 32.3. The number of ether oxygens (including phenoxy) is 1. The molecule has 6 heteroatoms. The van der Waals surface area contributed by atoms with Gasteiger partial charge in [-0.05, 0) is 118 Å². The summed E-state index contributed by atoms with van der Waals surface area (Å²) in [6.07, 6.45) is 6.24. The molecule has 0 saturated carbocycles. The van der Waals surface area contributed by atoms with E-state index in [0.717, 1.165) is 56.2 Å². The van der Waals surface area contributed by atoms with Crippen LogP contribution >= 0.6 is 0 Å². The van der Waals surface area contributed by atoms with E-state index in [1.54, 1.807) is 0 Å². The van der Waals surface area contributed by atoms with Crippen molar-refractivity contribution in [3.63, 3.8) is 0 Å². The van der Waals surface area contributed by atoms with Gasteiger partial charge in [-0.25, -0.2) is 4.98 Å². The van der Waals surface area contributed by atoms with Crippen molar-refractivity contribution in [2.75, 3.05) is 16.5 Å². The second-order valence-electron chi connectivity index (χ2n) is 18.2. The molecule has 1 aliphatic heterocycles. The number of para-hydroxylation sites is 2. The molecule has 0 atom stereocenters. The van der Waals surface area contributed by atoms with Crippen molar-refractivity contribution in [1.82, 2.24) is 14.1 Å². The quantitative estimate of drug-likeness (QED) is 0.153. The number of anilines is 2. The van der Waals surface area contributed by atoms with E-state index in [2.05, 4.69) is 246 Å². The molecule has 318 valence electrons. The zero-order valence-electron chi connectivity index (χ0n) is 37.1. The van der Waals surface area contributed by atoms with Gasteiger partial charge < -0.3 is 19.1 Å². The van der Waals surface area contributed by atoms with Gasteiger partial charge in [0.1, 0.15) is 17.3 Å². The number of hydrogen-bond acceptors (Lipinski definition) is 4. The van der Waals surface area contributed by atoms with Crippen molar-refractivity contribution in [1.29, 1.82) is 0 Å². The standard InChI is InChI=1S/C60H47N5O/c1-60(2,3)45-29-30-61-59(36-45)65-57-28-25-47(64-55-23-12-10-21-51(55)52-22-11-13-24-56(52)64)38-54(57)53-27-26-50(39-58(53)65)66-49-20-14-19-46(37-49)62-31-32-63(40-62)48-34-43(41-15-6-4-7-16-41)33-44(35-48)42-17-8-5-9-18-42/h4-39H,40H2,1-3H3. The summed E-state index contributed by atoms with van der Waals surface area (Å²) < 4.78 is 11.4. The minimum Gasteiger partial charge on any atom is -0.457 e. The van der Waals surface area contributed by atoms with E-state index >= 15 is 0 Å². The summed E-state index contributed by atoms with van der Waals surface area (Å²) in [4.78, 5) is 9.55. The van der Waals surface area contributed by atoms with Crippen molar-refractivity contribution >= 4 is 55.0 Å². The molecule has 0 bridgehead atoms. The molecule has 0 spiro atoms. The number of fused-ring (bicyclic) bond motifs is 6. The fourth-order valence-electron chi connectivity index (χ4n) is 9.63. The Morgan fingerprint density at radius 3 is 1.70 bits per heavy atom. The number of rotatable bonds is 8. The van der Waals surface area contributed by atoms with Gasteiger partial charge in [-0.2, -0.15) is 0 Å². The van der Waals surface area contributed by atoms with E-state index in [1.807, 2.05) is 12.3 Å². The zero-order valence-corrected chi connectivity index (χ0v) is 37.1. The second kappa shape index (κ2) is 15.7. The molecule has 6 nitrogen and oxygen atoms in total. The van der Waals surface area contributed by atoms with E-state index in [1.165, 1.54) is 49.6 Å². The Labute approximate surface area is 384 Å². The summed E-state index contributed by atoms with van der Waals surface area (Å²) in [6, 6.07) is 71.4. The number of hydrogen-bond donors (Lipinski definition) is 0. The van der Waals surface area contributed by atoms with Gasteiger partial charge in [0.25, 0.3) is 0 Å².